The number of aryl methyl sites for hydroxylation is 1. The van der Waals surface area contributed by atoms with Crippen LogP contribution in [-0.2, 0) is 5.41 Å². The molecule has 0 saturated carbocycles. The molecule has 28 heavy (non-hydrogen) atoms. The summed E-state index contributed by atoms with van der Waals surface area (Å²) in [4.78, 5) is 0. The molecule has 0 saturated heterocycles. The van der Waals surface area contributed by atoms with Crippen molar-refractivity contribution < 1.29 is 0 Å². The van der Waals surface area contributed by atoms with Crippen LogP contribution < -0.4 is 0 Å². The van der Waals surface area contributed by atoms with Crippen LogP contribution in [0.5, 0.6) is 0 Å². The molecule has 0 unspecified atom stereocenters. The van der Waals surface area contributed by atoms with Crippen molar-refractivity contribution in [2.24, 2.45) is 0 Å². The highest BCUT2D eigenvalue weighted by Gasteiger charge is 2.35. The van der Waals surface area contributed by atoms with Gasteiger partial charge in [0.2, 0.25) is 0 Å². The van der Waals surface area contributed by atoms with Crippen LogP contribution in [0.2, 0.25) is 0 Å². The van der Waals surface area contributed by atoms with Gasteiger partial charge in [0.15, 0.2) is 0 Å². The van der Waals surface area contributed by atoms with Crippen LogP contribution in [0.1, 0.15) is 81.2 Å². The van der Waals surface area contributed by atoms with Crippen LogP contribution in [-0.4, -0.2) is 0 Å². The minimum atomic E-state index is 0.0463. The molecule has 3 aromatic carbocycles. The molecule has 0 radical (unpaired) electrons. The van der Waals surface area contributed by atoms with Gasteiger partial charge < -0.3 is 0 Å². The molecule has 0 amide bonds. The number of hydrogen-bond acceptors (Lipinski definition) is 0. The van der Waals surface area contributed by atoms with E-state index >= 15 is 0 Å². The Balaban J connectivity index is 1.96. The maximum absolute atomic E-state index is 2.46. The van der Waals surface area contributed by atoms with Crippen molar-refractivity contribution >= 4 is 0 Å². The van der Waals surface area contributed by atoms with Gasteiger partial charge >= 0.3 is 0 Å². The van der Waals surface area contributed by atoms with Crippen LogP contribution >= 0.6 is 0 Å². The monoisotopic (exact) mass is 368 g/mol. The van der Waals surface area contributed by atoms with Crippen molar-refractivity contribution in [3.05, 3.63) is 82.4 Å². The van der Waals surface area contributed by atoms with Crippen LogP contribution in [0.25, 0.3) is 22.3 Å². The zero-order chi connectivity index (χ0) is 20.2. The lowest BCUT2D eigenvalue weighted by Gasteiger charge is -2.24. The molecule has 0 bridgehead atoms. The molecular weight excluding hydrogens is 336 g/mol. The zero-order valence-corrected chi connectivity index (χ0v) is 18.4. The Hall–Kier alpha value is -2.34. The van der Waals surface area contributed by atoms with Crippen molar-refractivity contribution in [3.8, 4) is 22.3 Å². The molecule has 0 N–H and O–H groups in total. The van der Waals surface area contributed by atoms with Gasteiger partial charge in [-0.05, 0) is 69.3 Å². The molecule has 4 rings (SSSR count). The standard InChI is InChI=1S/C28H32/c1-17(2)23-14-19(5)15-24(27(23)18(3)4)20-12-13-22-21-10-8-9-11-25(21)28(6,7)26(22)16-20/h8-18H,1-7H3. The Labute approximate surface area is 170 Å². The Morgan fingerprint density at radius 1 is 0.679 bits per heavy atom. The summed E-state index contributed by atoms with van der Waals surface area (Å²) < 4.78 is 0. The highest BCUT2D eigenvalue weighted by Crippen LogP contribution is 2.50. The normalized spacial score (nSPS) is 14.5. The summed E-state index contributed by atoms with van der Waals surface area (Å²) in [5.41, 5.74) is 12.9. The molecule has 3 aromatic rings. The summed E-state index contributed by atoms with van der Waals surface area (Å²) in [6.07, 6.45) is 0. The third-order valence-corrected chi connectivity index (χ3v) is 6.45. The molecule has 0 heteroatoms. The molecule has 0 heterocycles. The first kappa shape index (κ1) is 19.0. The minimum Gasteiger partial charge on any atom is -0.0619 e. The van der Waals surface area contributed by atoms with Gasteiger partial charge in [0.05, 0.1) is 0 Å². The van der Waals surface area contributed by atoms with Crippen molar-refractivity contribution in [1.29, 1.82) is 0 Å². The van der Waals surface area contributed by atoms with Crippen molar-refractivity contribution in [2.75, 3.05) is 0 Å². The molecule has 0 aromatic heterocycles. The van der Waals surface area contributed by atoms with E-state index in [2.05, 4.69) is 103 Å². The highest BCUT2D eigenvalue weighted by atomic mass is 14.4. The van der Waals surface area contributed by atoms with E-state index in [4.69, 9.17) is 0 Å². The second-order valence-corrected chi connectivity index (χ2v) is 9.56. The lowest BCUT2D eigenvalue weighted by Crippen LogP contribution is -2.15. The number of rotatable bonds is 3. The number of fused-ring (bicyclic) bond motifs is 3. The van der Waals surface area contributed by atoms with Crippen LogP contribution in [0, 0.1) is 6.92 Å². The first-order valence-electron chi connectivity index (χ1n) is 10.6. The Bertz CT molecular complexity index is 1050. The Morgan fingerprint density at radius 3 is 2.04 bits per heavy atom. The van der Waals surface area contributed by atoms with E-state index in [1.165, 1.54) is 50.1 Å². The molecule has 144 valence electrons. The maximum atomic E-state index is 2.46. The average Bonchev–Trinajstić information content (AvgIpc) is 2.88. The fraction of sp³-hybridized carbons (Fsp3) is 0.357. The molecule has 0 nitrogen and oxygen atoms in total. The molecular formula is C28H32. The van der Waals surface area contributed by atoms with E-state index in [0.717, 1.165) is 0 Å². The third-order valence-electron chi connectivity index (χ3n) is 6.45. The molecule has 0 atom stereocenters. The summed E-state index contributed by atoms with van der Waals surface area (Å²) >= 11 is 0. The second-order valence-electron chi connectivity index (χ2n) is 9.56. The van der Waals surface area contributed by atoms with Gasteiger partial charge in [-0.2, -0.15) is 0 Å². The summed E-state index contributed by atoms with van der Waals surface area (Å²) in [6.45, 7) is 16.2. The van der Waals surface area contributed by atoms with Crippen molar-refractivity contribution in [3.63, 3.8) is 0 Å². The third kappa shape index (κ3) is 2.82. The van der Waals surface area contributed by atoms with Gasteiger partial charge in [-0.3, -0.25) is 0 Å². The quantitative estimate of drug-likeness (QED) is 0.437. The maximum Gasteiger partial charge on any atom is 0.0159 e. The van der Waals surface area contributed by atoms with Crippen LogP contribution in [0.4, 0.5) is 0 Å². The first-order chi connectivity index (χ1) is 13.2. The Kier molecular flexibility index (Phi) is 4.49. The van der Waals surface area contributed by atoms with Gasteiger partial charge in [-0.1, -0.05) is 95.6 Å². The fourth-order valence-electron chi connectivity index (χ4n) is 5.06. The Morgan fingerprint density at radius 2 is 1.36 bits per heavy atom. The largest absolute Gasteiger partial charge is 0.0619 e. The molecule has 1 aliphatic carbocycles. The summed E-state index contributed by atoms with van der Waals surface area (Å²) in [6, 6.07) is 20.8. The predicted octanol–water partition coefficient (Wildman–Crippen LogP) is 8.22. The SMILES string of the molecule is Cc1cc(-c2ccc3c(c2)C(C)(C)c2ccccc2-3)c(C(C)C)c(C(C)C)c1. The zero-order valence-electron chi connectivity index (χ0n) is 18.4. The van der Waals surface area contributed by atoms with E-state index in [1.807, 2.05) is 0 Å². The van der Waals surface area contributed by atoms with E-state index in [1.54, 1.807) is 0 Å². The molecule has 0 aliphatic heterocycles. The number of benzene rings is 3. The average molecular weight is 369 g/mol. The molecule has 0 spiro atoms. The summed E-state index contributed by atoms with van der Waals surface area (Å²) in [5, 5.41) is 0. The minimum absolute atomic E-state index is 0.0463. The van der Waals surface area contributed by atoms with E-state index in [9.17, 15) is 0 Å². The highest BCUT2D eigenvalue weighted by molar-refractivity contribution is 5.84. The van der Waals surface area contributed by atoms with E-state index in [0.29, 0.717) is 11.8 Å². The summed E-state index contributed by atoms with van der Waals surface area (Å²) in [7, 11) is 0. The van der Waals surface area contributed by atoms with Gasteiger partial charge in [0.1, 0.15) is 0 Å². The second kappa shape index (κ2) is 6.62. The summed E-state index contributed by atoms with van der Waals surface area (Å²) in [5.74, 6) is 1.04. The van der Waals surface area contributed by atoms with Crippen LogP contribution in [0.3, 0.4) is 0 Å². The fourth-order valence-corrected chi connectivity index (χ4v) is 5.06. The van der Waals surface area contributed by atoms with Gasteiger partial charge in [0.25, 0.3) is 0 Å². The van der Waals surface area contributed by atoms with E-state index < -0.39 is 0 Å². The smallest absolute Gasteiger partial charge is 0.0159 e. The topological polar surface area (TPSA) is 0 Å². The first-order valence-corrected chi connectivity index (χ1v) is 10.6. The van der Waals surface area contributed by atoms with Gasteiger partial charge in [-0.25, -0.2) is 0 Å². The van der Waals surface area contributed by atoms with E-state index in [-0.39, 0.29) is 5.41 Å². The van der Waals surface area contributed by atoms with Crippen molar-refractivity contribution in [1.82, 2.24) is 0 Å². The number of hydrogen-bond donors (Lipinski definition) is 0. The predicted molar refractivity (Wildman–Crippen MR) is 122 cm³/mol. The van der Waals surface area contributed by atoms with Gasteiger partial charge in [0, 0.05) is 5.41 Å². The lowest BCUT2D eigenvalue weighted by atomic mass is 9.79. The van der Waals surface area contributed by atoms with Crippen LogP contribution in [0.15, 0.2) is 54.6 Å². The lowest BCUT2D eigenvalue weighted by molar-refractivity contribution is 0.660. The molecule has 1 aliphatic rings. The molecule has 0 fully saturated rings. The van der Waals surface area contributed by atoms with Crippen molar-refractivity contribution in [2.45, 2.75) is 65.7 Å². The van der Waals surface area contributed by atoms with Gasteiger partial charge in [-0.15, -0.1) is 0 Å².